The highest BCUT2D eigenvalue weighted by Crippen LogP contribution is 2.39. The van der Waals surface area contributed by atoms with Crippen LogP contribution in [0, 0.1) is 0 Å². The summed E-state index contributed by atoms with van der Waals surface area (Å²) in [7, 11) is 0. The number of benzene rings is 1. The van der Waals surface area contributed by atoms with Crippen LogP contribution in [0.25, 0.3) is 16.2 Å². The van der Waals surface area contributed by atoms with Crippen molar-refractivity contribution in [2.45, 2.75) is 32.6 Å². The Labute approximate surface area is 115 Å². The molecular formula is C15H15N3S. The van der Waals surface area contributed by atoms with E-state index >= 15 is 0 Å². The minimum absolute atomic E-state index is 0.537. The van der Waals surface area contributed by atoms with Crippen molar-refractivity contribution >= 4 is 16.3 Å². The van der Waals surface area contributed by atoms with Crippen LogP contribution < -0.4 is 0 Å². The normalized spacial score (nSPS) is 17.5. The lowest BCUT2D eigenvalue weighted by atomic mass is 9.85. The zero-order chi connectivity index (χ0) is 13.0. The van der Waals surface area contributed by atoms with Crippen LogP contribution in [0.2, 0.25) is 0 Å². The zero-order valence-corrected chi connectivity index (χ0v) is 11.9. The van der Waals surface area contributed by atoms with Crippen molar-refractivity contribution in [1.29, 1.82) is 0 Å². The molecule has 1 atom stereocenters. The summed E-state index contributed by atoms with van der Waals surface area (Å²) in [6.45, 7) is 4.43. The monoisotopic (exact) mass is 269 g/mol. The molecule has 0 bridgehead atoms. The smallest absolute Gasteiger partial charge is 0.212 e. The topological polar surface area (TPSA) is 30.2 Å². The molecule has 0 saturated carbocycles. The van der Waals surface area contributed by atoms with Crippen molar-refractivity contribution in [1.82, 2.24) is 14.6 Å². The van der Waals surface area contributed by atoms with Crippen molar-refractivity contribution in [3.8, 4) is 11.3 Å². The molecule has 0 N–H and O–H groups in total. The Balaban J connectivity index is 2.01. The van der Waals surface area contributed by atoms with Gasteiger partial charge in [-0.05, 0) is 24.3 Å². The highest BCUT2D eigenvalue weighted by molar-refractivity contribution is 7.16. The van der Waals surface area contributed by atoms with Gasteiger partial charge >= 0.3 is 0 Å². The van der Waals surface area contributed by atoms with Gasteiger partial charge in [0.15, 0.2) is 0 Å². The first kappa shape index (κ1) is 11.2. The molecule has 3 nitrogen and oxygen atoms in total. The lowest BCUT2D eigenvalue weighted by Crippen LogP contribution is -2.10. The number of imidazole rings is 1. The summed E-state index contributed by atoms with van der Waals surface area (Å²) in [6.07, 6.45) is 2.01. The Kier molecular flexibility index (Phi) is 2.30. The Hall–Kier alpha value is -1.68. The van der Waals surface area contributed by atoms with Gasteiger partial charge in [-0.3, -0.25) is 0 Å². The van der Waals surface area contributed by atoms with Gasteiger partial charge < -0.3 is 0 Å². The van der Waals surface area contributed by atoms with E-state index in [2.05, 4.69) is 47.7 Å². The van der Waals surface area contributed by atoms with Gasteiger partial charge in [0.05, 0.1) is 11.4 Å². The highest BCUT2D eigenvalue weighted by Gasteiger charge is 2.27. The van der Waals surface area contributed by atoms with Gasteiger partial charge in [-0.25, -0.2) is 9.50 Å². The molecule has 0 radical (unpaired) electrons. The lowest BCUT2D eigenvalue weighted by Gasteiger charge is -2.21. The third-order valence-corrected chi connectivity index (χ3v) is 4.94. The summed E-state index contributed by atoms with van der Waals surface area (Å²) in [5.74, 6) is 0.537. The molecule has 1 unspecified atom stereocenters. The van der Waals surface area contributed by atoms with E-state index in [0.717, 1.165) is 28.5 Å². The largest absolute Gasteiger partial charge is 0.217 e. The molecule has 4 rings (SSSR count). The minimum atomic E-state index is 0.537. The average Bonchev–Trinajstić information content (AvgIpc) is 2.97. The molecule has 1 aromatic carbocycles. The lowest BCUT2D eigenvalue weighted by molar-refractivity contribution is 0.704. The molecule has 1 aliphatic carbocycles. The molecular weight excluding hydrogens is 254 g/mol. The Bertz CT molecular complexity index is 769. The maximum absolute atomic E-state index is 4.82. The second-order valence-electron chi connectivity index (χ2n) is 5.14. The maximum Gasteiger partial charge on any atom is 0.212 e. The van der Waals surface area contributed by atoms with Crippen LogP contribution in [0.4, 0.5) is 0 Å². The van der Waals surface area contributed by atoms with Crippen LogP contribution in [-0.2, 0) is 12.8 Å². The Morgan fingerprint density at radius 1 is 1.37 bits per heavy atom. The Morgan fingerprint density at radius 3 is 3.05 bits per heavy atom. The van der Waals surface area contributed by atoms with Crippen LogP contribution in [-0.4, -0.2) is 14.6 Å². The van der Waals surface area contributed by atoms with Crippen LogP contribution >= 0.6 is 11.3 Å². The summed E-state index contributed by atoms with van der Waals surface area (Å²) in [6, 6.07) is 8.62. The second kappa shape index (κ2) is 3.90. The SMILES string of the molecule is CCc1nn2c3c(nc2s1)-c1ccccc1C(C)C3. The number of fused-ring (bicyclic) bond motifs is 5. The van der Waals surface area contributed by atoms with E-state index in [1.165, 1.54) is 16.8 Å². The van der Waals surface area contributed by atoms with E-state index in [4.69, 9.17) is 4.98 Å². The maximum atomic E-state index is 4.82. The highest BCUT2D eigenvalue weighted by atomic mass is 32.1. The predicted molar refractivity (Wildman–Crippen MR) is 77.8 cm³/mol. The number of aromatic nitrogens is 3. The molecule has 0 aliphatic heterocycles. The molecule has 1 aliphatic rings. The van der Waals surface area contributed by atoms with Crippen molar-refractivity contribution in [3.63, 3.8) is 0 Å². The Morgan fingerprint density at radius 2 is 2.21 bits per heavy atom. The van der Waals surface area contributed by atoms with E-state index in [-0.39, 0.29) is 0 Å². The molecule has 2 aromatic heterocycles. The summed E-state index contributed by atoms with van der Waals surface area (Å²) in [5, 5.41) is 5.85. The van der Waals surface area contributed by atoms with Gasteiger partial charge in [-0.15, -0.1) is 0 Å². The van der Waals surface area contributed by atoms with E-state index in [9.17, 15) is 0 Å². The minimum Gasteiger partial charge on any atom is -0.217 e. The molecule has 0 fully saturated rings. The van der Waals surface area contributed by atoms with Gasteiger partial charge in [-0.2, -0.15) is 5.10 Å². The van der Waals surface area contributed by atoms with Gasteiger partial charge in [0.2, 0.25) is 4.96 Å². The van der Waals surface area contributed by atoms with Gasteiger partial charge in [0, 0.05) is 5.56 Å². The summed E-state index contributed by atoms with van der Waals surface area (Å²) >= 11 is 1.71. The van der Waals surface area contributed by atoms with Crippen LogP contribution in [0.15, 0.2) is 24.3 Å². The van der Waals surface area contributed by atoms with E-state index in [0.29, 0.717) is 5.92 Å². The van der Waals surface area contributed by atoms with E-state index < -0.39 is 0 Å². The van der Waals surface area contributed by atoms with Crippen molar-refractivity contribution in [2.75, 3.05) is 0 Å². The van der Waals surface area contributed by atoms with E-state index in [1.54, 1.807) is 11.3 Å². The fraction of sp³-hybridized carbons (Fsp3) is 0.333. The zero-order valence-electron chi connectivity index (χ0n) is 11.1. The van der Waals surface area contributed by atoms with Crippen molar-refractivity contribution in [2.24, 2.45) is 0 Å². The van der Waals surface area contributed by atoms with Gasteiger partial charge in [-0.1, -0.05) is 49.4 Å². The number of aryl methyl sites for hydroxylation is 1. The first-order valence-electron chi connectivity index (χ1n) is 6.74. The van der Waals surface area contributed by atoms with Crippen LogP contribution in [0.5, 0.6) is 0 Å². The standard InChI is InChI=1S/C15H15N3S/c1-3-13-17-18-12-8-9(2)10-6-4-5-7-11(10)14(12)16-15(18)19-13/h4-7,9H,3,8H2,1-2H3. The summed E-state index contributed by atoms with van der Waals surface area (Å²) in [5.41, 5.74) is 5.11. The van der Waals surface area contributed by atoms with E-state index in [1.807, 2.05) is 0 Å². The van der Waals surface area contributed by atoms with Crippen molar-refractivity contribution < 1.29 is 0 Å². The first-order chi connectivity index (χ1) is 9.28. The predicted octanol–water partition coefficient (Wildman–Crippen LogP) is 3.68. The van der Waals surface area contributed by atoms with Gasteiger partial charge in [0.1, 0.15) is 5.01 Å². The fourth-order valence-corrected chi connectivity index (χ4v) is 3.77. The van der Waals surface area contributed by atoms with Crippen molar-refractivity contribution in [3.05, 3.63) is 40.5 Å². The molecule has 3 aromatic rings. The molecule has 0 spiro atoms. The molecule has 19 heavy (non-hydrogen) atoms. The third kappa shape index (κ3) is 1.49. The number of rotatable bonds is 1. The molecule has 96 valence electrons. The fourth-order valence-electron chi connectivity index (χ4n) is 2.91. The summed E-state index contributed by atoms with van der Waals surface area (Å²) in [4.78, 5) is 5.85. The second-order valence-corrected chi connectivity index (χ2v) is 6.18. The van der Waals surface area contributed by atoms with Gasteiger partial charge in [0.25, 0.3) is 0 Å². The first-order valence-corrected chi connectivity index (χ1v) is 7.56. The third-order valence-electron chi connectivity index (χ3n) is 3.89. The van der Waals surface area contributed by atoms with Crippen LogP contribution in [0.3, 0.4) is 0 Å². The number of nitrogens with zero attached hydrogens (tertiary/aromatic N) is 3. The van der Waals surface area contributed by atoms with Crippen LogP contribution in [0.1, 0.15) is 36.0 Å². The average molecular weight is 269 g/mol. The summed E-state index contributed by atoms with van der Waals surface area (Å²) < 4.78 is 2.06. The molecule has 0 amide bonds. The molecule has 4 heteroatoms. The quantitative estimate of drug-likeness (QED) is 0.674. The molecule has 0 saturated heterocycles. The number of hydrogen-bond acceptors (Lipinski definition) is 3. The molecule has 2 heterocycles. The number of hydrogen-bond donors (Lipinski definition) is 0.